The molecular weight excluding hydrogens is 272 g/mol. The number of aliphatic hydroxyl groups excluding tert-OH is 1. The van der Waals surface area contributed by atoms with Gasteiger partial charge in [0.25, 0.3) is 0 Å². The van der Waals surface area contributed by atoms with Crippen LogP contribution in [-0.4, -0.2) is 27.4 Å². The third-order valence-electron chi connectivity index (χ3n) is 3.28. The number of rotatable bonds is 4. The average Bonchev–Trinajstić information content (AvgIpc) is 2.64. The normalized spacial score (nSPS) is 22.5. The molecule has 1 rings (SSSR count). The summed E-state index contributed by atoms with van der Waals surface area (Å²) in [5, 5.41) is 8.84. The molecule has 1 saturated carbocycles. The maximum atomic E-state index is 12.0. The van der Waals surface area contributed by atoms with Crippen LogP contribution in [0, 0.1) is 23.7 Å². The number of hydrogen-bond acceptors (Lipinski definition) is 4. The Hall–Kier alpha value is -0.790. The average molecular weight is 296 g/mol. The largest absolute Gasteiger partial charge is 0.395 e. The Labute approximate surface area is 125 Å². The lowest BCUT2D eigenvalue weighted by Crippen LogP contribution is -2.19. The zero-order valence-electron chi connectivity index (χ0n) is 12.6. The molecule has 2 unspecified atom stereocenters. The van der Waals surface area contributed by atoms with Crippen molar-refractivity contribution < 1.29 is 14.7 Å². The van der Waals surface area contributed by atoms with E-state index >= 15 is 0 Å². The quantitative estimate of drug-likeness (QED) is 0.811. The van der Waals surface area contributed by atoms with Crippen LogP contribution in [-0.2, 0) is 9.59 Å². The van der Waals surface area contributed by atoms with Gasteiger partial charge in [-0.1, -0.05) is 32.5 Å². The van der Waals surface area contributed by atoms with Gasteiger partial charge in [-0.15, -0.1) is 11.8 Å². The monoisotopic (exact) mass is 296 g/mol. The van der Waals surface area contributed by atoms with E-state index in [1.54, 1.807) is 0 Å². The predicted octanol–water partition coefficient (Wildman–Crippen LogP) is 2.81. The molecule has 4 heteroatoms. The maximum Gasteiger partial charge on any atom is 0.189 e. The van der Waals surface area contributed by atoms with Crippen LogP contribution < -0.4 is 0 Å². The summed E-state index contributed by atoms with van der Waals surface area (Å²) in [7, 11) is 0. The molecule has 1 fully saturated rings. The van der Waals surface area contributed by atoms with E-state index in [1.807, 2.05) is 20.8 Å². The van der Waals surface area contributed by atoms with Crippen molar-refractivity contribution in [3.63, 3.8) is 0 Å². The maximum absolute atomic E-state index is 12.0. The van der Waals surface area contributed by atoms with Crippen molar-refractivity contribution in [2.24, 2.45) is 11.8 Å². The number of Topliss-reactive ketones (excluding diaryl/α,β-unsaturated/α-hetero) is 1. The van der Waals surface area contributed by atoms with Gasteiger partial charge in [0.15, 0.2) is 5.12 Å². The first-order chi connectivity index (χ1) is 9.33. The van der Waals surface area contributed by atoms with Crippen LogP contribution in [0.4, 0.5) is 0 Å². The van der Waals surface area contributed by atoms with Crippen LogP contribution in [0.15, 0.2) is 0 Å². The molecule has 0 radical (unpaired) electrons. The minimum Gasteiger partial charge on any atom is -0.395 e. The molecule has 0 heterocycles. The summed E-state index contributed by atoms with van der Waals surface area (Å²) in [5.74, 6) is 6.11. The molecule has 0 amide bonds. The first-order valence-electron chi connectivity index (χ1n) is 7.14. The second-order valence-corrected chi connectivity index (χ2v) is 8.08. The Morgan fingerprint density at radius 1 is 1.40 bits per heavy atom. The third-order valence-corrected chi connectivity index (χ3v) is 4.28. The molecule has 1 aliphatic carbocycles. The van der Waals surface area contributed by atoms with E-state index in [0.29, 0.717) is 25.7 Å². The van der Waals surface area contributed by atoms with Crippen LogP contribution in [0.2, 0.25) is 0 Å². The molecule has 2 atom stereocenters. The van der Waals surface area contributed by atoms with Crippen LogP contribution in [0.3, 0.4) is 0 Å². The van der Waals surface area contributed by atoms with Crippen molar-refractivity contribution in [3.05, 3.63) is 0 Å². The first kappa shape index (κ1) is 17.3. The van der Waals surface area contributed by atoms with Crippen molar-refractivity contribution in [1.29, 1.82) is 0 Å². The number of carbonyl (C=O) groups excluding carboxylic acids is 2. The Morgan fingerprint density at radius 3 is 2.70 bits per heavy atom. The minimum atomic E-state index is -0.0919. The van der Waals surface area contributed by atoms with Crippen molar-refractivity contribution in [2.75, 3.05) is 6.61 Å². The highest BCUT2D eigenvalue weighted by Gasteiger charge is 2.35. The molecule has 3 nitrogen and oxygen atoms in total. The highest BCUT2D eigenvalue weighted by Crippen LogP contribution is 2.36. The number of ketones is 1. The lowest BCUT2D eigenvalue weighted by atomic mass is 9.90. The molecule has 20 heavy (non-hydrogen) atoms. The van der Waals surface area contributed by atoms with Crippen molar-refractivity contribution in [1.82, 2.24) is 0 Å². The van der Waals surface area contributed by atoms with Crippen molar-refractivity contribution >= 4 is 22.7 Å². The van der Waals surface area contributed by atoms with E-state index in [9.17, 15) is 9.59 Å². The summed E-state index contributed by atoms with van der Waals surface area (Å²) in [6.07, 6.45) is 2.83. The van der Waals surface area contributed by atoms with Gasteiger partial charge in [-0.25, -0.2) is 0 Å². The summed E-state index contributed by atoms with van der Waals surface area (Å²) >= 11 is 1.36. The van der Waals surface area contributed by atoms with E-state index in [4.69, 9.17) is 5.11 Å². The second-order valence-electron chi connectivity index (χ2n) is 6.19. The standard InChI is InChI=1S/C16H24O3S/c1-16(2,3)20-15(19)11-12-8-9-14(18)13(12)7-5-4-6-10-17/h12-13,17H,6-11H2,1-3H3. The molecule has 0 aliphatic heterocycles. The molecule has 0 aromatic rings. The summed E-state index contributed by atoms with van der Waals surface area (Å²) < 4.78 is -0.0733. The smallest absolute Gasteiger partial charge is 0.189 e. The van der Waals surface area contributed by atoms with Crippen molar-refractivity contribution in [2.45, 2.75) is 57.6 Å². The molecule has 0 aromatic carbocycles. The van der Waals surface area contributed by atoms with Gasteiger partial charge < -0.3 is 5.11 Å². The summed E-state index contributed by atoms with van der Waals surface area (Å²) in [4.78, 5) is 23.9. The Balaban J connectivity index is 2.53. The fourth-order valence-electron chi connectivity index (χ4n) is 2.43. The summed E-state index contributed by atoms with van der Waals surface area (Å²) in [6, 6.07) is 0. The number of aliphatic hydroxyl groups is 1. The zero-order chi connectivity index (χ0) is 15.2. The molecule has 112 valence electrons. The van der Waals surface area contributed by atoms with E-state index < -0.39 is 0 Å². The van der Waals surface area contributed by atoms with E-state index in [0.717, 1.165) is 6.42 Å². The van der Waals surface area contributed by atoms with Gasteiger partial charge in [0.2, 0.25) is 0 Å². The molecule has 0 aromatic heterocycles. The van der Waals surface area contributed by atoms with Gasteiger partial charge in [0, 0.05) is 36.3 Å². The third kappa shape index (κ3) is 6.11. The van der Waals surface area contributed by atoms with Gasteiger partial charge in [-0.05, 0) is 12.3 Å². The SMILES string of the molecule is CC(C)(C)SC(=O)CC1CCC(=O)C1CC#CCCO. The summed E-state index contributed by atoms with van der Waals surface area (Å²) in [5.41, 5.74) is 0. The summed E-state index contributed by atoms with van der Waals surface area (Å²) in [6.45, 7) is 6.11. The van der Waals surface area contributed by atoms with Crippen LogP contribution in [0.5, 0.6) is 0 Å². The number of hydrogen-bond donors (Lipinski definition) is 1. The van der Waals surface area contributed by atoms with Crippen molar-refractivity contribution in [3.8, 4) is 11.8 Å². The van der Waals surface area contributed by atoms with Crippen LogP contribution >= 0.6 is 11.8 Å². The van der Waals surface area contributed by atoms with E-state index in [1.165, 1.54) is 11.8 Å². The van der Waals surface area contributed by atoms with Gasteiger partial charge in [-0.2, -0.15) is 0 Å². The highest BCUT2D eigenvalue weighted by molar-refractivity contribution is 8.14. The lowest BCUT2D eigenvalue weighted by Gasteiger charge is -2.19. The zero-order valence-corrected chi connectivity index (χ0v) is 13.4. The Bertz CT molecular complexity index is 412. The van der Waals surface area contributed by atoms with E-state index in [-0.39, 0.29) is 34.1 Å². The predicted molar refractivity (Wildman–Crippen MR) is 82.3 cm³/mol. The van der Waals surface area contributed by atoms with Gasteiger partial charge in [-0.3, -0.25) is 9.59 Å². The Kier molecular flexibility index (Phi) is 6.78. The van der Waals surface area contributed by atoms with E-state index in [2.05, 4.69) is 11.8 Å². The van der Waals surface area contributed by atoms with Crippen LogP contribution in [0.1, 0.15) is 52.9 Å². The van der Waals surface area contributed by atoms with Gasteiger partial charge in [0.05, 0.1) is 6.61 Å². The highest BCUT2D eigenvalue weighted by atomic mass is 32.2. The topological polar surface area (TPSA) is 54.4 Å². The number of carbonyl (C=O) groups is 2. The number of thioether (sulfide) groups is 1. The molecule has 0 saturated heterocycles. The van der Waals surface area contributed by atoms with Crippen LogP contribution in [0.25, 0.3) is 0 Å². The minimum absolute atomic E-state index is 0.0513. The second kappa shape index (κ2) is 7.85. The lowest BCUT2D eigenvalue weighted by molar-refractivity contribution is -0.121. The molecule has 0 bridgehead atoms. The molecular formula is C16H24O3S. The fourth-order valence-corrected chi connectivity index (χ4v) is 3.41. The molecule has 1 N–H and O–H groups in total. The van der Waals surface area contributed by atoms with Gasteiger partial charge >= 0.3 is 0 Å². The fraction of sp³-hybridized carbons (Fsp3) is 0.750. The molecule has 1 aliphatic rings. The van der Waals surface area contributed by atoms with Gasteiger partial charge in [0.1, 0.15) is 5.78 Å². The molecule has 0 spiro atoms. The first-order valence-corrected chi connectivity index (χ1v) is 7.96. The Morgan fingerprint density at radius 2 is 2.10 bits per heavy atom.